The van der Waals surface area contributed by atoms with Gasteiger partial charge in [-0.25, -0.2) is 0 Å². The number of halogens is 1. The molecule has 20 heavy (non-hydrogen) atoms. The monoisotopic (exact) mass is 287 g/mol. The second-order valence-corrected chi connectivity index (χ2v) is 5.48. The normalized spacial score (nSPS) is 18.5. The van der Waals surface area contributed by atoms with Crippen molar-refractivity contribution in [2.24, 2.45) is 5.73 Å². The molecule has 104 valence electrons. The third-order valence-corrected chi connectivity index (χ3v) is 4.31. The van der Waals surface area contributed by atoms with Gasteiger partial charge < -0.3 is 10.6 Å². The quantitative estimate of drug-likeness (QED) is 0.939. The highest BCUT2D eigenvalue weighted by Crippen LogP contribution is 2.39. The molecule has 2 N–H and O–H groups in total. The van der Waals surface area contributed by atoms with Gasteiger partial charge >= 0.3 is 0 Å². The van der Waals surface area contributed by atoms with E-state index in [0.717, 1.165) is 23.6 Å². The lowest BCUT2D eigenvalue weighted by Crippen LogP contribution is -2.24. The van der Waals surface area contributed by atoms with Gasteiger partial charge in [0.2, 0.25) is 0 Å². The Labute approximate surface area is 124 Å². The van der Waals surface area contributed by atoms with Crippen LogP contribution in [-0.4, -0.2) is 11.5 Å². The van der Waals surface area contributed by atoms with E-state index in [-0.39, 0.29) is 0 Å². The molecule has 0 saturated carbocycles. The number of benzene rings is 1. The summed E-state index contributed by atoms with van der Waals surface area (Å²) in [7, 11) is 0. The van der Waals surface area contributed by atoms with E-state index in [4.69, 9.17) is 17.3 Å². The van der Waals surface area contributed by atoms with Gasteiger partial charge in [0.1, 0.15) is 0 Å². The molecular weight excluding hydrogens is 270 g/mol. The van der Waals surface area contributed by atoms with Crippen molar-refractivity contribution in [3.63, 3.8) is 0 Å². The highest BCUT2D eigenvalue weighted by atomic mass is 35.5. The summed E-state index contributed by atoms with van der Waals surface area (Å²) in [5.74, 6) is 0. The standard InChI is InChI=1S/C16H18ClN3/c17-14-3-1-4-16(13(14)11-18)20-10-2-5-15(20)12-6-8-19-9-7-12/h1,3-4,6-9,15H,2,5,10-11,18H2. The number of pyridine rings is 1. The van der Waals surface area contributed by atoms with Crippen LogP contribution in [-0.2, 0) is 6.54 Å². The molecule has 1 aliphatic heterocycles. The lowest BCUT2D eigenvalue weighted by Gasteiger charge is -2.29. The summed E-state index contributed by atoms with van der Waals surface area (Å²) in [6.07, 6.45) is 6.05. The van der Waals surface area contributed by atoms with E-state index in [1.165, 1.54) is 17.7 Å². The summed E-state index contributed by atoms with van der Waals surface area (Å²) in [6, 6.07) is 10.6. The van der Waals surface area contributed by atoms with Crippen molar-refractivity contribution in [1.29, 1.82) is 0 Å². The fraction of sp³-hybridized carbons (Fsp3) is 0.312. The minimum Gasteiger partial charge on any atom is -0.364 e. The molecule has 0 aliphatic carbocycles. The molecule has 4 heteroatoms. The Morgan fingerprint density at radius 1 is 1.25 bits per heavy atom. The lowest BCUT2D eigenvalue weighted by molar-refractivity contribution is 0.714. The Bertz CT molecular complexity index is 586. The van der Waals surface area contributed by atoms with Crippen molar-refractivity contribution in [2.75, 3.05) is 11.4 Å². The first kappa shape index (κ1) is 13.4. The van der Waals surface area contributed by atoms with Crippen LogP contribution < -0.4 is 10.6 Å². The molecule has 3 rings (SSSR count). The van der Waals surface area contributed by atoms with E-state index < -0.39 is 0 Å². The number of hydrogen-bond donors (Lipinski definition) is 1. The number of aromatic nitrogens is 1. The second-order valence-electron chi connectivity index (χ2n) is 5.07. The zero-order chi connectivity index (χ0) is 13.9. The minimum absolute atomic E-state index is 0.391. The molecule has 1 atom stereocenters. The Morgan fingerprint density at radius 2 is 2.05 bits per heavy atom. The van der Waals surface area contributed by atoms with Gasteiger partial charge in [-0.3, -0.25) is 4.98 Å². The van der Waals surface area contributed by atoms with Crippen molar-refractivity contribution in [2.45, 2.75) is 25.4 Å². The largest absolute Gasteiger partial charge is 0.364 e. The van der Waals surface area contributed by atoms with E-state index in [1.54, 1.807) is 0 Å². The van der Waals surface area contributed by atoms with Crippen LogP contribution in [0.5, 0.6) is 0 Å². The Hall–Kier alpha value is -1.58. The van der Waals surface area contributed by atoms with Crippen molar-refractivity contribution in [3.05, 3.63) is 58.9 Å². The van der Waals surface area contributed by atoms with Gasteiger partial charge in [-0.15, -0.1) is 0 Å². The third-order valence-electron chi connectivity index (χ3n) is 3.95. The molecule has 2 heterocycles. The lowest BCUT2D eigenvalue weighted by atomic mass is 10.0. The predicted octanol–water partition coefficient (Wildman–Crippen LogP) is 3.54. The van der Waals surface area contributed by atoms with Crippen molar-refractivity contribution in [1.82, 2.24) is 4.98 Å². The average molecular weight is 288 g/mol. The summed E-state index contributed by atoms with van der Waals surface area (Å²) in [4.78, 5) is 6.52. The Morgan fingerprint density at radius 3 is 2.80 bits per heavy atom. The summed E-state index contributed by atoms with van der Waals surface area (Å²) in [5.41, 5.74) is 9.39. The molecule has 1 saturated heterocycles. The zero-order valence-electron chi connectivity index (χ0n) is 11.3. The highest BCUT2D eigenvalue weighted by molar-refractivity contribution is 6.31. The fourth-order valence-corrected chi connectivity index (χ4v) is 3.25. The highest BCUT2D eigenvalue weighted by Gasteiger charge is 2.27. The van der Waals surface area contributed by atoms with Crippen LogP contribution in [0.1, 0.15) is 30.0 Å². The maximum atomic E-state index is 6.29. The molecule has 1 aromatic heterocycles. The van der Waals surface area contributed by atoms with Gasteiger partial charge in [-0.1, -0.05) is 17.7 Å². The van der Waals surface area contributed by atoms with Crippen LogP contribution in [0, 0.1) is 0 Å². The maximum Gasteiger partial charge on any atom is 0.0544 e. The van der Waals surface area contributed by atoms with E-state index in [9.17, 15) is 0 Å². The fourth-order valence-electron chi connectivity index (χ4n) is 3.01. The van der Waals surface area contributed by atoms with Crippen LogP contribution >= 0.6 is 11.6 Å². The second kappa shape index (κ2) is 5.81. The van der Waals surface area contributed by atoms with Gasteiger partial charge in [0.05, 0.1) is 6.04 Å². The van der Waals surface area contributed by atoms with Crippen LogP contribution in [0.25, 0.3) is 0 Å². The predicted molar refractivity (Wildman–Crippen MR) is 82.9 cm³/mol. The zero-order valence-corrected chi connectivity index (χ0v) is 12.1. The minimum atomic E-state index is 0.391. The summed E-state index contributed by atoms with van der Waals surface area (Å²) < 4.78 is 0. The summed E-state index contributed by atoms with van der Waals surface area (Å²) in [5, 5.41) is 0.755. The Kier molecular flexibility index (Phi) is 3.90. The molecule has 3 nitrogen and oxygen atoms in total. The van der Waals surface area contributed by atoms with Crippen LogP contribution in [0.3, 0.4) is 0 Å². The van der Waals surface area contributed by atoms with Gasteiger partial charge in [0.25, 0.3) is 0 Å². The first-order valence-electron chi connectivity index (χ1n) is 6.95. The third kappa shape index (κ3) is 2.39. The van der Waals surface area contributed by atoms with Crippen molar-refractivity contribution >= 4 is 17.3 Å². The number of rotatable bonds is 3. The smallest absolute Gasteiger partial charge is 0.0544 e. The van der Waals surface area contributed by atoms with Crippen molar-refractivity contribution < 1.29 is 0 Å². The Balaban J connectivity index is 1.99. The molecule has 0 spiro atoms. The van der Waals surface area contributed by atoms with Crippen molar-refractivity contribution in [3.8, 4) is 0 Å². The van der Waals surface area contributed by atoms with E-state index >= 15 is 0 Å². The van der Waals surface area contributed by atoms with Gasteiger partial charge in [0.15, 0.2) is 0 Å². The topological polar surface area (TPSA) is 42.1 Å². The number of nitrogens with two attached hydrogens (primary N) is 1. The molecule has 1 aliphatic rings. The molecule has 1 unspecified atom stereocenters. The SMILES string of the molecule is NCc1c(Cl)cccc1N1CCCC1c1ccncc1. The van der Waals surface area contributed by atoms with Gasteiger partial charge in [0, 0.05) is 41.8 Å². The van der Waals surface area contributed by atoms with Gasteiger partial charge in [-0.2, -0.15) is 0 Å². The average Bonchev–Trinajstić information content (AvgIpc) is 2.97. The van der Waals surface area contributed by atoms with Crippen LogP contribution in [0.2, 0.25) is 5.02 Å². The van der Waals surface area contributed by atoms with E-state index in [2.05, 4.69) is 28.1 Å². The van der Waals surface area contributed by atoms with Gasteiger partial charge in [-0.05, 0) is 42.7 Å². The number of hydrogen-bond acceptors (Lipinski definition) is 3. The summed E-state index contributed by atoms with van der Waals surface area (Å²) in [6.45, 7) is 1.51. The van der Waals surface area contributed by atoms with Crippen LogP contribution in [0.15, 0.2) is 42.7 Å². The summed E-state index contributed by atoms with van der Waals surface area (Å²) >= 11 is 6.29. The molecule has 1 fully saturated rings. The number of anilines is 1. The molecular formula is C16H18ClN3. The van der Waals surface area contributed by atoms with E-state index in [0.29, 0.717) is 12.6 Å². The molecule has 0 radical (unpaired) electrons. The molecule has 0 amide bonds. The molecule has 1 aromatic carbocycles. The number of nitrogens with zero attached hydrogens (tertiary/aromatic N) is 2. The molecule has 2 aromatic rings. The first-order chi connectivity index (χ1) is 9.81. The maximum absolute atomic E-state index is 6.29. The van der Waals surface area contributed by atoms with E-state index in [1.807, 2.05) is 24.5 Å². The van der Waals surface area contributed by atoms with Crippen LogP contribution in [0.4, 0.5) is 5.69 Å². The first-order valence-corrected chi connectivity index (χ1v) is 7.33. The molecule has 0 bridgehead atoms.